The number of nitrogens with zero attached hydrogens (tertiary/aromatic N) is 2. The van der Waals surface area contributed by atoms with Crippen LogP contribution in [0, 0.1) is 0 Å². The van der Waals surface area contributed by atoms with E-state index >= 15 is 0 Å². The van der Waals surface area contributed by atoms with Crippen molar-refractivity contribution in [3.63, 3.8) is 0 Å². The number of carbonyl (C=O) groups is 2. The van der Waals surface area contributed by atoms with Crippen molar-refractivity contribution >= 4 is 23.2 Å². The summed E-state index contributed by atoms with van der Waals surface area (Å²) in [7, 11) is 3.39. The number of carbonyl (C=O) groups excluding carboxylic acids is 2. The SMILES string of the molecule is CNC(=O)c1ccc(N2CCCN(C)C(=O)C2)c(N)c1. The van der Waals surface area contributed by atoms with Crippen molar-refractivity contribution in [1.29, 1.82) is 0 Å². The van der Waals surface area contributed by atoms with Gasteiger partial charge in [0.15, 0.2) is 0 Å². The average Bonchev–Trinajstić information content (AvgIpc) is 2.60. The third kappa shape index (κ3) is 2.84. The molecule has 1 aliphatic rings. The van der Waals surface area contributed by atoms with Crippen LogP contribution in [0.1, 0.15) is 16.8 Å². The minimum Gasteiger partial charge on any atom is -0.397 e. The average molecular weight is 276 g/mol. The van der Waals surface area contributed by atoms with E-state index in [9.17, 15) is 9.59 Å². The molecule has 2 rings (SSSR count). The number of nitrogens with one attached hydrogen (secondary N) is 1. The molecule has 1 heterocycles. The maximum atomic E-state index is 11.9. The highest BCUT2D eigenvalue weighted by Crippen LogP contribution is 2.25. The molecule has 0 aromatic heterocycles. The van der Waals surface area contributed by atoms with Gasteiger partial charge < -0.3 is 20.9 Å². The van der Waals surface area contributed by atoms with Crippen molar-refractivity contribution in [2.45, 2.75) is 6.42 Å². The number of likely N-dealkylation sites (N-methyl/N-ethyl adjacent to an activating group) is 1. The Morgan fingerprint density at radius 3 is 2.75 bits per heavy atom. The van der Waals surface area contributed by atoms with Crippen LogP contribution in [0.2, 0.25) is 0 Å². The molecule has 1 fully saturated rings. The standard InChI is InChI=1S/C14H20N4O2/c1-16-14(20)10-4-5-12(11(15)8-10)18-7-3-6-17(2)13(19)9-18/h4-5,8H,3,6-7,9,15H2,1-2H3,(H,16,20). The molecule has 0 unspecified atom stereocenters. The summed E-state index contributed by atoms with van der Waals surface area (Å²) < 4.78 is 0. The Balaban J connectivity index is 2.24. The topological polar surface area (TPSA) is 78.7 Å². The Morgan fingerprint density at radius 1 is 1.35 bits per heavy atom. The number of rotatable bonds is 2. The lowest BCUT2D eigenvalue weighted by molar-refractivity contribution is -0.127. The van der Waals surface area contributed by atoms with Crippen LogP contribution in [0.4, 0.5) is 11.4 Å². The molecule has 0 atom stereocenters. The molecule has 20 heavy (non-hydrogen) atoms. The van der Waals surface area contributed by atoms with E-state index < -0.39 is 0 Å². The number of benzene rings is 1. The second-order valence-corrected chi connectivity index (χ2v) is 4.94. The zero-order chi connectivity index (χ0) is 14.7. The highest BCUT2D eigenvalue weighted by atomic mass is 16.2. The Hall–Kier alpha value is -2.24. The van der Waals surface area contributed by atoms with Gasteiger partial charge in [0.25, 0.3) is 5.91 Å². The molecule has 2 amide bonds. The quantitative estimate of drug-likeness (QED) is 0.761. The molecule has 0 saturated carbocycles. The van der Waals surface area contributed by atoms with Gasteiger partial charge in [0.05, 0.1) is 17.9 Å². The number of anilines is 2. The predicted octanol–water partition coefficient (Wildman–Crippen LogP) is 0.297. The highest BCUT2D eigenvalue weighted by molar-refractivity contribution is 5.96. The fourth-order valence-electron chi connectivity index (χ4n) is 2.32. The largest absolute Gasteiger partial charge is 0.397 e. The first-order chi connectivity index (χ1) is 9.52. The van der Waals surface area contributed by atoms with Crippen molar-refractivity contribution in [3.8, 4) is 0 Å². The third-order valence-electron chi connectivity index (χ3n) is 3.53. The molecule has 0 bridgehead atoms. The molecule has 108 valence electrons. The summed E-state index contributed by atoms with van der Waals surface area (Å²) in [5.74, 6) is -0.0906. The molecular formula is C14H20N4O2. The number of nitrogen functional groups attached to an aromatic ring is 1. The summed E-state index contributed by atoms with van der Waals surface area (Å²) in [5.41, 5.74) is 7.87. The molecule has 3 N–H and O–H groups in total. The number of nitrogens with two attached hydrogens (primary N) is 1. The minimum atomic E-state index is -0.171. The van der Waals surface area contributed by atoms with Gasteiger partial charge in [-0.2, -0.15) is 0 Å². The monoisotopic (exact) mass is 276 g/mol. The van der Waals surface area contributed by atoms with Crippen LogP contribution in [-0.2, 0) is 4.79 Å². The molecule has 1 aliphatic heterocycles. The number of hydrogen-bond acceptors (Lipinski definition) is 4. The summed E-state index contributed by atoms with van der Waals surface area (Å²) in [5, 5.41) is 2.56. The second-order valence-electron chi connectivity index (χ2n) is 4.94. The molecule has 6 heteroatoms. The lowest BCUT2D eigenvalue weighted by atomic mass is 10.1. The van der Waals surface area contributed by atoms with E-state index in [0.29, 0.717) is 17.8 Å². The Labute approximate surface area is 118 Å². The molecular weight excluding hydrogens is 256 g/mol. The summed E-state index contributed by atoms with van der Waals surface area (Å²) in [6.45, 7) is 1.85. The van der Waals surface area contributed by atoms with Crippen LogP contribution in [0.3, 0.4) is 0 Å². The summed E-state index contributed by atoms with van der Waals surface area (Å²) in [6.07, 6.45) is 0.902. The Kier molecular flexibility index (Phi) is 4.12. The van der Waals surface area contributed by atoms with Crippen molar-refractivity contribution in [3.05, 3.63) is 23.8 Å². The van der Waals surface area contributed by atoms with Crippen molar-refractivity contribution < 1.29 is 9.59 Å². The third-order valence-corrected chi connectivity index (χ3v) is 3.53. The zero-order valence-corrected chi connectivity index (χ0v) is 11.8. The Bertz CT molecular complexity index is 530. The van der Waals surface area contributed by atoms with Crippen LogP contribution in [0.25, 0.3) is 0 Å². The molecule has 1 saturated heterocycles. The van der Waals surface area contributed by atoms with Crippen LogP contribution in [0.15, 0.2) is 18.2 Å². The van der Waals surface area contributed by atoms with E-state index in [1.807, 2.05) is 11.9 Å². The van der Waals surface area contributed by atoms with Crippen molar-refractivity contribution in [1.82, 2.24) is 10.2 Å². The van der Waals surface area contributed by atoms with Gasteiger partial charge in [-0.25, -0.2) is 0 Å². The molecule has 1 aromatic carbocycles. The van der Waals surface area contributed by atoms with E-state index in [4.69, 9.17) is 5.73 Å². The summed E-state index contributed by atoms with van der Waals surface area (Å²) in [6, 6.07) is 5.18. The lowest BCUT2D eigenvalue weighted by Gasteiger charge is -2.23. The smallest absolute Gasteiger partial charge is 0.251 e. The number of hydrogen-bond donors (Lipinski definition) is 2. The van der Waals surface area contributed by atoms with E-state index in [1.165, 1.54) is 0 Å². The van der Waals surface area contributed by atoms with Gasteiger partial charge in [-0.3, -0.25) is 9.59 Å². The maximum absolute atomic E-state index is 11.9. The predicted molar refractivity (Wildman–Crippen MR) is 78.7 cm³/mol. The van der Waals surface area contributed by atoms with Crippen molar-refractivity contribution in [2.75, 3.05) is 44.4 Å². The normalized spacial score (nSPS) is 16.0. The first kappa shape index (κ1) is 14.2. The van der Waals surface area contributed by atoms with Gasteiger partial charge in [-0.15, -0.1) is 0 Å². The van der Waals surface area contributed by atoms with Gasteiger partial charge in [0.2, 0.25) is 5.91 Å². The Morgan fingerprint density at radius 2 is 2.10 bits per heavy atom. The lowest BCUT2D eigenvalue weighted by Crippen LogP contribution is -2.34. The van der Waals surface area contributed by atoms with Gasteiger partial charge in [-0.1, -0.05) is 0 Å². The highest BCUT2D eigenvalue weighted by Gasteiger charge is 2.20. The van der Waals surface area contributed by atoms with Crippen LogP contribution in [0.5, 0.6) is 0 Å². The molecule has 0 radical (unpaired) electrons. The van der Waals surface area contributed by atoms with Crippen LogP contribution < -0.4 is 16.0 Å². The summed E-state index contributed by atoms with van der Waals surface area (Å²) in [4.78, 5) is 27.2. The second kappa shape index (κ2) is 5.81. The van der Waals surface area contributed by atoms with Crippen LogP contribution in [-0.4, -0.2) is 50.4 Å². The van der Waals surface area contributed by atoms with Gasteiger partial charge in [0, 0.05) is 32.7 Å². The van der Waals surface area contributed by atoms with E-state index in [1.54, 1.807) is 30.1 Å². The minimum absolute atomic E-state index is 0.0808. The molecule has 0 spiro atoms. The molecule has 6 nitrogen and oxygen atoms in total. The number of amides is 2. The van der Waals surface area contributed by atoms with Crippen LogP contribution >= 0.6 is 0 Å². The summed E-state index contributed by atoms with van der Waals surface area (Å²) >= 11 is 0. The van der Waals surface area contributed by atoms with E-state index in [0.717, 1.165) is 25.2 Å². The molecule has 1 aromatic rings. The van der Waals surface area contributed by atoms with E-state index in [2.05, 4.69) is 5.32 Å². The van der Waals surface area contributed by atoms with Crippen molar-refractivity contribution in [2.24, 2.45) is 0 Å². The van der Waals surface area contributed by atoms with E-state index in [-0.39, 0.29) is 11.8 Å². The first-order valence-corrected chi connectivity index (χ1v) is 6.63. The fourth-order valence-corrected chi connectivity index (χ4v) is 2.32. The molecule has 0 aliphatic carbocycles. The van der Waals surface area contributed by atoms with Gasteiger partial charge >= 0.3 is 0 Å². The van der Waals surface area contributed by atoms with Gasteiger partial charge in [0.1, 0.15) is 0 Å². The first-order valence-electron chi connectivity index (χ1n) is 6.63. The van der Waals surface area contributed by atoms with Gasteiger partial charge in [-0.05, 0) is 24.6 Å². The maximum Gasteiger partial charge on any atom is 0.251 e. The fraction of sp³-hybridized carbons (Fsp3) is 0.429. The zero-order valence-electron chi connectivity index (χ0n) is 11.8.